The maximum atomic E-state index is 13.9. The predicted octanol–water partition coefficient (Wildman–Crippen LogP) is 10.4. The van der Waals surface area contributed by atoms with Crippen molar-refractivity contribution in [2.75, 3.05) is 42.7 Å². The van der Waals surface area contributed by atoms with Gasteiger partial charge in [-0.1, -0.05) is 109 Å². The van der Waals surface area contributed by atoms with Gasteiger partial charge < -0.3 is 88.7 Å². The number of carbonyl (C=O) groups excluding carboxylic acids is 18. The molecule has 36 nitrogen and oxygen atoms in total. The lowest BCUT2D eigenvalue weighted by Crippen LogP contribution is -2.44. The normalized spacial score (nSPS) is 17.0. The van der Waals surface area contributed by atoms with Gasteiger partial charge in [0.2, 0.25) is 0 Å². The molecule has 0 saturated carbocycles. The molecule has 10 aliphatic rings. The largest absolute Gasteiger partial charge is 0.467 e. The van der Waals surface area contributed by atoms with Crippen LogP contribution in [-0.4, -0.2) is 186 Å². The maximum Gasteiger partial charge on any atom is 0.343 e. The monoisotopic (exact) mass is 1950 g/mol. The number of benzene rings is 12. The SMILES string of the molecule is COC(=O)C1Cc2ccc(cc2)OC(=O)c2cccc(c2)C(=O)Oc2ccc(cc2)CC(C(=O)OC)NC(=O)c2cccc(c2)C(=O)NC(C(=O)OC)Cc2ccc(cc2)OC(=O)c2cccc(c2)C(=O)Oc2ccc(cc2)CC(C(=O)OC)NC(=O)c2cccc(c2)C(=O)NC(C(=O)OC)Cc2ccc(cc2)OC(=O)c2cccc(c2)C(=O)Oc2ccc(cc2)CC(C(=O)OC)NC(=O)c2cccc(c2)C(=O)N1. The third-order valence-corrected chi connectivity index (χ3v) is 22.4. The minimum absolute atomic E-state index is 0.0420. The number of methoxy groups -OCH3 is 6. The molecule has 10 aliphatic heterocycles. The maximum absolute atomic E-state index is 13.9. The number of amides is 6. The fourth-order valence-electron chi connectivity index (χ4n) is 14.8. The van der Waals surface area contributed by atoms with Crippen LogP contribution in [0.4, 0.5) is 0 Å². The van der Waals surface area contributed by atoms with Crippen LogP contribution < -0.4 is 60.3 Å². The van der Waals surface area contributed by atoms with Gasteiger partial charge in [0.1, 0.15) is 70.7 Å². The molecule has 6 atom stereocenters. The highest BCUT2D eigenvalue weighted by atomic mass is 16.6. The van der Waals surface area contributed by atoms with Crippen molar-refractivity contribution in [1.29, 1.82) is 0 Å². The molecule has 22 rings (SSSR count). The molecule has 0 radical (unpaired) electrons. The lowest BCUT2D eigenvalue weighted by molar-refractivity contribution is -0.143. The van der Waals surface area contributed by atoms with Crippen LogP contribution in [0.15, 0.2) is 291 Å². The first-order valence-corrected chi connectivity index (χ1v) is 44.2. The van der Waals surface area contributed by atoms with Crippen LogP contribution in [0.25, 0.3) is 0 Å². The number of nitrogens with one attached hydrogen (secondary N) is 6. The number of carbonyl (C=O) groups is 18. The molecule has 0 aromatic heterocycles. The molecule has 6 unspecified atom stereocenters. The summed E-state index contributed by atoms with van der Waals surface area (Å²) in [5, 5.41) is 15.8. The van der Waals surface area contributed by atoms with Crippen LogP contribution >= 0.6 is 0 Å². The van der Waals surface area contributed by atoms with Crippen molar-refractivity contribution < 1.29 is 143 Å². The van der Waals surface area contributed by atoms with E-state index in [4.69, 9.17) is 56.8 Å². The van der Waals surface area contributed by atoms with Gasteiger partial charge in [0.15, 0.2) is 0 Å². The molecule has 10 heterocycles. The molecule has 36 heteroatoms. The zero-order valence-corrected chi connectivity index (χ0v) is 77.7. The number of rotatable bonds is 6. The first-order valence-electron chi connectivity index (χ1n) is 44.2. The second-order valence-electron chi connectivity index (χ2n) is 32.2. The first kappa shape index (κ1) is 103. The van der Waals surface area contributed by atoms with Crippen molar-refractivity contribution in [2.45, 2.75) is 74.8 Å². The number of hydrogen-bond acceptors (Lipinski definition) is 30. The van der Waals surface area contributed by atoms with E-state index < -0.39 is 143 Å². The summed E-state index contributed by atoms with van der Waals surface area (Å²) in [7, 11) is 6.73. The molecule has 6 N–H and O–H groups in total. The fourth-order valence-corrected chi connectivity index (χ4v) is 14.8. The Bertz CT molecular complexity index is 5870. The van der Waals surface area contributed by atoms with Gasteiger partial charge in [-0.25, -0.2) is 57.5 Å². The molecule has 24 bridgehead atoms. The zero-order chi connectivity index (χ0) is 103. The molecular formula is C108H90N6O30. The van der Waals surface area contributed by atoms with Crippen molar-refractivity contribution in [3.05, 3.63) is 391 Å². The fraction of sp³-hybridized carbons (Fsp3) is 0.167. The minimum Gasteiger partial charge on any atom is -0.467 e. The molecule has 0 aliphatic carbocycles. The van der Waals surface area contributed by atoms with Crippen LogP contribution in [-0.2, 0) is 95.7 Å². The average molecular weight is 1950 g/mol. The van der Waals surface area contributed by atoms with Gasteiger partial charge in [-0.3, -0.25) is 28.8 Å². The van der Waals surface area contributed by atoms with Crippen molar-refractivity contribution in [3.8, 4) is 34.5 Å². The summed E-state index contributed by atoms with van der Waals surface area (Å²) < 4.78 is 64.0. The molecule has 12 aromatic rings. The third kappa shape index (κ3) is 27.8. The van der Waals surface area contributed by atoms with E-state index in [-0.39, 0.29) is 140 Å². The highest BCUT2D eigenvalue weighted by molar-refractivity contribution is 6.06. The zero-order valence-electron chi connectivity index (χ0n) is 77.7. The molecule has 0 saturated heterocycles. The summed E-state index contributed by atoms with van der Waals surface area (Å²) in [4.78, 5) is 244. The molecule has 6 amide bonds. The number of esters is 12. The van der Waals surface area contributed by atoms with Gasteiger partial charge in [0.25, 0.3) is 35.4 Å². The van der Waals surface area contributed by atoms with E-state index in [9.17, 15) is 86.3 Å². The van der Waals surface area contributed by atoms with Gasteiger partial charge >= 0.3 is 71.6 Å². The molecule has 732 valence electrons. The van der Waals surface area contributed by atoms with E-state index in [1.807, 2.05) is 0 Å². The van der Waals surface area contributed by atoms with E-state index in [0.717, 1.165) is 42.7 Å². The number of hydrogen-bond donors (Lipinski definition) is 6. The Hall–Kier alpha value is -18.9. The minimum atomic E-state index is -1.29. The van der Waals surface area contributed by atoms with E-state index in [1.54, 1.807) is 0 Å². The summed E-state index contributed by atoms with van der Waals surface area (Å²) in [6, 6.07) is 60.6. The molecular weight excluding hydrogens is 1860 g/mol. The van der Waals surface area contributed by atoms with Crippen molar-refractivity contribution in [2.24, 2.45) is 0 Å². The van der Waals surface area contributed by atoms with E-state index in [0.29, 0.717) is 33.4 Å². The first-order chi connectivity index (χ1) is 69.4. The van der Waals surface area contributed by atoms with Crippen LogP contribution in [0.1, 0.15) is 158 Å². The highest BCUT2D eigenvalue weighted by Gasteiger charge is 2.33. The van der Waals surface area contributed by atoms with Gasteiger partial charge in [-0.05, 0) is 215 Å². The van der Waals surface area contributed by atoms with E-state index in [2.05, 4.69) is 31.9 Å². The Morgan fingerprint density at radius 3 is 0.431 bits per heavy atom. The Balaban J connectivity index is 0.681. The Morgan fingerprint density at radius 1 is 0.188 bits per heavy atom. The van der Waals surface area contributed by atoms with Gasteiger partial charge in [0.05, 0.1) is 76.0 Å². The van der Waals surface area contributed by atoms with Gasteiger partial charge in [-0.15, -0.1) is 0 Å². The third-order valence-electron chi connectivity index (χ3n) is 22.4. The average Bonchev–Trinajstić information content (AvgIpc) is 0.848. The Morgan fingerprint density at radius 2 is 0.306 bits per heavy atom. The summed E-state index contributed by atoms with van der Waals surface area (Å²) in [5.41, 5.74) is 2.24. The van der Waals surface area contributed by atoms with Gasteiger partial charge in [0, 0.05) is 71.9 Å². The highest BCUT2D eigenvalue weighted by Crippen LogP contribution is 2.27. The van der Waals surface area contributed by atoms with Crippen LogP contribution in [0.5, 0.6) is 34.5 Å². The summed E-state index contributed by atoms with van der Waals surface area (Å²) >= 11 is 0. The predicted molar refractivity (Wildman–Crippen MR) is 509 cm³/mol. The van der Waals surface area contributed by atoms with E-state index >= 15 is 0 Å². The Kier molecular flexibility index (Phi) is 34.5. The molecule has 0 fully saturated rings. The lowest BCUT2D eigenvalue weighted by Gasteiger charge is -2.18. The molecule has 12 aromatic carbocycles. The van der Waals surface area contributed by atoms with E-state index in [1.165, 1.54) is 291 Å². The van der Waals surface area contributed by atoms with Crippen LogP contribution in [0.2, 0.25) is 0 Å². The lowest BCUT2D eigenvalue weighted by atomic mass is 10.0. The van der Waals surface area contributed by atoms with Crippen LogP contribution in [0, 0.1) is 0 Å². The van der Waals surface area contributed by atoms with Crippen molar-refractivity contribution >= 4 is 107 Å². The second kappa shape index (κ2) is 48.4. The molecule has 144 heavy (non-hydrogen) atoms. The smallest absolute Gasteiger partial charge is 0.343 e. The summed E-state index contributed by atoms with van der Waals surface area (Å²) in [5.74, 6) is -14.6. The van der Waals surface area contributed by atoms with Crippen LogP contribution in [0.3, 0.4) is 0 Å². The summed E-state index contributed by atoms with van der Waals surface area (Å²) in [6.45, 7) is 0. The topological polar surface area (TPSA) is 490 Å². The van der Waals surface area contributed by atoms with Crippen molar-refractivity contribution in [1.82, 2.24) is 31.9 Å². The van der Waals surface area contributed by atoms with Crippen molar-refractivity contribution in [3.63, 3.8) is 0 Å². The number of ether oxygens (including phenoxy) is 12. The van der Waals surface area contributed by atoms with Gasteiger partial charge in [-0.2, -0.15) is 0 Å². The Labute approximate surface area is 821 Å². The standard InChI is InChI=1S/C108H90N6O30/c1-133-103(127)85-49-61-25-37-79(38-26-61)139-97(121)73-19-10-20-74(58-73)98(122)140-81-41-29-63(30-42-81)51-87(105(129)135-3)111-93(117)69-15-8-16-70(56-69)94(118)112-89(107(131)137-5)53-65-33-45-83(46-34-65)143-101(125)77-23-12-24-78(60-77)102(126)144-84-47-35-66(36-48-84)54-90(108(132)138-6)114-96(120)72-18-9-17-71(57-72)95(119)113-88(106(130)136-4)52-64-31-43-82(44-32-64)142-100(124)76-22-11-21-75(59-76)99(123)141-80-39-27-62(28-40-80)50-86(104(128)134-2)110-92(116)68-14-7-13-67(55-68)91(115)109-85/h7-48,55-60,85-90H,49-54H2,1-6H3,(H,109,115)(H,110,116)(H,111,117)(H,112,118)(H,113,119)(H,114,120). The quantitative estimate of drug-likeness (QED) is 0.0511. The molecule has 0 spiro atoms. The summed E-state index contributed by atoms with van der Waals surface area (Å²) in [6.07, 6.45) is -0.781. The second-order valence-corrected chi connectivity index (χ2v) is 32.2.